The number of carboxylic acids is 1. The summed E-state index contributed by atoms with van der Waals surface area (Å²) in [6.07, 6.45) is 8.61. The largest absolute Gasteiger partial charge is 0.477 e. The van der Waals surface area contributed by atoms with E-state index in [0.29, 0.717) is 16.9 Å². The fraction of sp³-hybridized carbons (Fsp3) is 0.273. The van der Waals surface area contributed by atoms with E-state index < -0.39 is 29.2 Å². The number of pyridine rings is 1. The molecule has 2 aromatic heterocycles. The van der Waals surface area contributed by atoms with Gasteiger partial charge >= 0.3 is 5.97 Å². The number of aliphatic hydroxyl groups excluding tert-OH is 1. The number of oxime groups is 1. The Morgan fingerprint density at radius 1 is 1.47 bits per heavy atom. The molecule has 0 bridgehead atoms. The van der Waals surface area contributed by atoms with Crippen LogP contribution in [0.2, 0.25) is 0 Å². The number of thiazole rings is 1. The van der Waals surface area contributed by atoms with Crippen molar-refractivity contribution in [3.8, 4) is 12.3 Å². The van der Waals surface area contributed by atoms with Crippen LogP contribution in [0.15, 0.2) is 46.3 Å². The van der Waals surface area contributed by atoms with Crippen LogP contribution in [0.25, 0.3) is 0 Å². The minimum Gasteiger partial charge on any atom is -0.477 e. The van der Waals surface area contributed by atoms with Crippen LogP contribution in [0.1, 0.15) is 11.3 Å². The summed E-state index contributed by atoms with van der Waals surface area (Å²) < 4.78 is 1.74. The summed E-state index contributed by atoms with van der Waals surface area (Å²) in [7, 11) is 0. The van der Waals surface area contributed by atoms with Gasteiger partial charge in [0.15, 0.2) is 36.4 Å². The normalized spacial score (nSPS) is 19.3. The summed E-state index contributed by atoms with van der Waals surface area (Å²) in [5.74, 6) is 0.0126. The van der Waals surface area contributed by atoms with E-state index in [1.54, 1.807) is 29.1 Å². The molecule has 0 aromatic carbocycles. The van der Waals surface area contributed by atoms with Crippen molar-refractivity contribution >= 4 is 51.7 Å². The van der Waals surface area contributed by atoms with E-state index in [2.05, 4.69) is 21.4 Å². The van der Waals surface area contributed by atoms with Gasteiger partial charge in [-0.1, -0.05) is 11.1 Å². The Labute approximate surface area is 213 Å². The van der Waals surface area contributed by atoms with E-state index in [-0.39, 0.29) is 42.0 Å². The van der Waals surface area contributed by atoms with Crippen LogP contribution in [-0.2, 0) is 32.4 Å². The van der Waals surface area contributed by atoms with Crippen LogP contribution >= 0.6 is 23.1 Å². The number of carboxylic acid groups (broad SMARTS) is 1. The lowest BCUT2D eigenvalue weighted by Gasteiger charge is -2.49. The summed E-state index contributed by atoms with van der Waals surface area (Å²) in [6, 6.07) is 2.52. The second-order valence-electron chi connectivity index (χ2n) is 7.65. The highest BCUT2D eigenvalue weighted by molar-refractivity contribution is 8.00. The number of carbonyl (C=O) groups is 3. The van der Waals surface area contributed by atoms with Crippen LogP contribution in [0, 0.1) is 12.3 Å². The number of nitrogens with one attached hydrogen (secondary N) is 1. The molecule has 5 N–H and O–H groups in total. The van der Waals surface area contributed by atoms with Crippen LogP contribution in [0.5, 0.6) is 0 Å². The third-order valence-corrected chi connectivity index (χ3v) is 7.31. The highest BCUT2D eigenvalue weighted by Crippen LogP contribution is 2.40. The fourth-order valence-corrected chi connectivity index (χ4v) is 5.62. The molecule has 0 spiro atoms. The highest BCUT2D eigenvalue weighted by atomic mass is 32.2. The molecular weight excluding hydrogens is 508 g/mol. The maximum Gasteiger partial charge on any atom is 0.352 e. The maximum atomic E-state index is 13.0. The number of aromatic nitrogens is 2. The van der Waals surface area contributed by atoms with Gasteiger partial charge in [0.05, 0.1) is 6.61 Å². The second-order valence-corrected chi connectivity index (χ2v) is 9.64. The average Bonchev–Trinajstić information content (AvgIpc) is 3.30. The van der Waals surface area contributed by atoms with Gasteiger partial charge in [-0.3, -0.25) is 14.5 Å². The number of β-lactam (4-membered cyclic amide) rings is 1. The lowest BCUT2D eigenvalue weighted by atomic mass is 10.0. The van der Waals surface area contributed by atoms with Crippen molar-refractivity contribution in [2.24, 2.45) is 5.16 Å². The first-order valence-corrected chi connectivity index (χ1v) is 12.4. The molecule has 1 unspecified atom stereocenters. The standard InChI is InChI=1S/C22H20N6O6S2/c1-2-6-34-26-15(14-11-36-22(23)24-14)18(30)25-16-19(31)28-17(21(32)33)13(10-35-20(16)28)8-27-5-3-4-12(7-27)9-29/h1,3-5,7,11,16,20,29H,6,8-10H2,(H3-,23,24,25,30,32,33)/p+1/t16?,20-/m1/s1. The fourth-order valence-electron chi connectivity index (χ4n) is 3.74. The number of anilines is 1. The van der Waals surface area contributed by atoms with Gasteiger partial charge in [0.1, 0.15) is 22.8 Å². The summed E-state index contributed by atoms with van der Waals surface area (Å²) in [5, 5.41) is 26.7. The minimum absolute atomic E-state index is 0.116. The lowest BCUT2D eigenvalue weighted by molar-refractivity contribution is -0.689. The molecule has 2 aliphatic heterocycles. The Morgan fingerprint density at radius 3 is 2.94 bits per heavy atom. The number of thioether (sulfide) groups is 1. The predicted octanol–water partition coefficient (Wildman–Crippen LogP) is -0.702. The van der Waals surface area contributed by atoms with E-state index in [9.17, 15) is 24.6 Å². The molecule has 186 valence electrons. The minimum atomic E-state index is -1.24. The van der Waals surface area contributed by atoms with Crippen molar-refractivity contribution in [2.75, 3.05) is 18.1 Å². The first kappa shape index (κ1) is 25.2. The molecular formula is C22H21N6O6S2+. The van der Waals surface area contributed by atoms with E-state index in [1.165, 1.54) is 22.0 Å². The quantitative estimate of drug-likeness (QED) is 0.0818. The van der Waals surface area contributed by atoms with E-state index in [1.807, 2.05) is 0 Å². The number of rotatable bonds is 9. The third kappa shape index (κ3) is 5.03. The van der Waals surface area contributed by atoms with Gasteiger partial charge in [-0.15, -0.1) is 29.5 Å². The Morgan fingerprint density at radius 2 is 2.28 bits per heavy atom. The van der Waals surface area contributed by atoms with Gasteiger partial charge in [-0.25, -0.2) is 14.3 Å². The number of terminal acetylenes is 1. The summed E-state index contributed by atoms with van der Waals surface area (Å²) in [4.78, 5) is 48.2. The highest BCUT2D eigenvalue weighted by Gasteiger charge is 2.54. The number of nitrogen functional groups attached to an aromatic ring is 1. The van der Waals surface area contributed by atoms with Crippen LogP contribution < -0.4 is 15.6 Å². The number of nitrogens with two attached hydrogens (primary N) is 1. The SMILES string of the molecule is C#CCON=C(C(=O)NC1C(=O)N2C(C(=O)O)=C(C[n+]3cccc(CO)c3)CS[C@H]12)c1csc(N)n1. The maximum absolute atomic E-state index is 13.0. The molecule has 1 fully saturated rings. The zero-order valence-corrected chi connectivity index (χ0v) is 20.3. The molecule has 0 aliphatic carbocycles. The predicted molar refractivity (Wildman–Crippen MR) is 130 cm³/mol. The summed E-state index contributed by atoms with van der Waals surface area (Å²) >= 11 is 2.43. The van der Waals surface area contributed by atoms with Gasteiger partial charge < -0.3 is 26.1 Å². The number of hydrogen-bond donors (Lipinski definition) is 4. The van der Waals surface area contributed by atoms with Crippen LogP contribution in [0.4, 0.5) is 5.13 Å². The molecule has 0 saturated carbocycles. The number of amides is 2. The zero-order valence-electron chi connectivity index (χ0n) is 18.7. The van der Waals surface area contributed by atoms with Gasteiger partial charge in [-0.05, 0) is 6.07 Å². The number of nitrogens with zero attached hydrogens (tertiary/aromatic N) is 4. The molecule has 0 radical (unpaired) electrons. The van der Waals surface area contributed by atoms with Crippen LogP contribution in [0.3, 0.4) is 0 Å². The molecule has 36 heavy (non-hydrogen) atoms. The lowest BCUT2D eigenvalue weighted by Crippen LogP contribution is -2.71. The van der Waals surface area contributed by atoms with Crippen molar-refractivity contribution in [3.05, 3.63) is 52.4 Å². The van der Waals surface area contributed by atoms with Crippen LogP contribution in [-0.4, -0.2) is 67.4 Å². The molecule has 1 saturated heterocycles. The Kier molecular flexibility index (Phi) is 7.53. The van der Waals surface area contributed by atoms with Gasteiger partial charge in [0.2, 0.25) is 0 Å². The molecule has 2 aromatic rings. The average molecular weight is 530 g/mol. The van der Waals surface area contributed by atoms with E-state index in [0.717, 1.165) is 11.3 Å². The first-order valence-electron chi connectivity index (χ1n) is 10.5. The number of fused-ring (bicyclic) bond motifs is 1. The molecule has 2 aliphatic rings. The van der Waals surface area contributed by atoms with Gasteiger partial charge in [-0.2, -0.15) is 0 Å². The summed E-state index contributed by atoms with van der Waals surface area (Å²) in [5.41, 5.74) is 6.69. The monoisotopic (exact) mass is 529 g/mol. The zero-order chi connectivity index (χ0) is 25.8. The van der Waals surface area contributed by atoms with Gasteiger partial charge in [0, 0.05) is 28.3 Å². The third-order valence-electron chi connectivity index (χ3n) is 5.30. The molecule has 2 atom stereocenters. The molecule has 4 heterocycles. The molecule has 4 rings (SSSR count). The van der Waals surface area contributed by atoms with E-state index >= 15 is 0 Å². The Bertz CT molecular complexity index is 1320. The summed E-state index contributed by atoms with van der Waals surface area (Å²) in [6.45, 7) is -0.106. The molecule has 12 nitrogen and oxygen atoms in total. The number of hydrogen-bond acceptors (Lipinski definition) is 10. The number of aliphatic hydroxyl groups is 1. The van der Waals surface area contributed by atoms with Crippen molar-refractivity contribution in [2.45, 2.75) is 24.6 Å². The smallest absolute Gasteiger partial charge is 0.352 e. The molecule has 14 heteroatoms. The Hall–Kier alpha value is -3.93. The van der Waals surface area contributed by atoms with Crippen molar-refractivity contribution in [1.82, 2.24) is 15.2 Å². The van der Waals surface area contributed by atoms with Gasteiger partial charge in [0.25, 0.3) is 11.8 Å². The number of carbonyl (C=O) groups excluding carboxylic acids is 2. The van der Waals surface area contributed by atoms with Crippen molar-refractivity contribution in [1.29, 1.82) is 0 Å². The van der Waals surface area contributed by atoms with Crippen molar-refractivity contribution in [3.63, 3.8) is 0 Å². The topological polar surface area (TPSA) is 171 Å². The first-order chi connectivity index (χ1) is 17.3. The van der Waals surface area contributed by atoms with Crippen molar-refractivity contribution < 1.29 is 34.0 Å². The second kappa shape index (κ2) is 10.8. The Balaban J connectivity index is 1.53. The number of aliphatic carboxylic acids is 1. The molecule has 2 amide bonds. The van der Waals surface area contributed by atoms with E-state index in [4.69, 9.17) is 17.0 Å².